The van der Waals surface area contributed by atoms with Gasteiger partial charge in [-0.3, -0.25) is 6.08 Å². The van der Waals surface area contributed by atoms with Crippen molar-refractivity contribution in [3.05, 3.63) is 24.3 Å². The van der Waals surface area contributed by atoms with Crippen LogP contribution in [0.3, 0.4) is 0 Å². The van der Waals surface area contributed by atoms with Crippen molar-refractivity contribution in [2.24, 2.45) is 0 Å². The summed E-state index contributed by atoms with van der Waals surface area (Å²) in [5.74, 6) is 0. The van der Waals surface area contributed by atoms with Crippen molar-refractivity contribution in [2.45, 2.75) is 6.42 Å². The molecule has 0 nitrogen and oxygen atoms in total. The van der Waals surface area contributed by atoms with Crippen LogP contribution in [-0.2, 0) is 21.1 Å². The second kappa shape index (κ2) is 22.4. The third-order valence-corrected chi connectivity index (χ3v) is 0.586. The average Bonchev–Trinajstić information content (AvgIpc) is 1.76. The van der Waals surface area contributed by atoms with Gasteiger partial charge in [0, 0.05) is 21.1 Å². The van der Waals surface area contributed by atoms with Crippen molar-refractivity contribution in [3.8, 4) is 0 Å². The maximum Gasteiger partial charge on any atom is 0 e. The summed E-state index contributed by atoms with van der Waals surface area (Å²) >= 11 is 0. The normalized spacial score (nSPS) is 8.80. The zero-order chi connectivity index (χ0) is 3.54. The van der Waals surface area contributed by atoms with Gasteiger partial charge in [-0.25, -0.2) is 12.2 Å². The van der Waals surface area contributed by atoms with Gasteiger partial charge >= 0.3 is 0 Å². The summed E-state index contributed by atoms with van der Waals surface area (Å²) in [5.41, 5.74) is 0. The Labute approximate surface area is 101 Å². The van der Waals surface area contributed by atoms with Crippen LogP contribution >= 0.6 is 0 Å². The third kappa shape index (κ3) is 16.2. The second-order valence-electron chi connectivity index (χ2n) is 1.00. The van der Waals surface area contributed by atoms with Crippen molar-refractivity contribution in [3.63, 3.8) is 0 Å². The molecule has 0 fully saturated rings. The van der Waals surface area contributed by atoms with Crippen molar-refractivity contribution in [1.82, 2.24) is 0 Å². The molecule has 0 radical (unpaired) electrons. The molecule has 10 heavy (non-hydrogen) atoms. The topological polar surface area (TPSA) is 0 Å². The minimum atomic E-state index is 0. The summed E-state index contributed by atoms with van der Waals surface area (Å²) in [6.45, 7) is 0. The minimum Gasteiger partial charge on any atom is -1.00 e. The van der Waals surface area contributed by atoms with E-state index >= 15 is 0 Å². The minimum absolute atomic E-state index is 0. The molecule has 0 saturated carbocycles. The van der Waals surface area contributed by atoms with Crippen molar-refractivity contribution in [2.75, 3.05) is 0 Å². The molecular weight excluding hydrogens is 298 g/mol. The molecule has 0 aromatic carbocycles. The third-order valence-electron chi connectivity index (χ3n) is 0.586. The molecule has 0 bridgehead atoms. The van der Waals surface area contributed by atoms with Crippen molar-refractivity contribution < 1.29 is 70.7 Å². The summed E-state index contributed by atoms with van der Waals surface area (Å²) < 4.78 is 0. The maximum absolute atomic E-state index is 2.99. The van der Waals surface area contributed by atoms with E-state index in [2.05, 4.69) is 12.2 Å². The Morgan fingerprint density at radius 1 is 1.00 bits per heavy atom. The molecule has 1 aliphatic carbocycles. The van der Waals surface area contributed by atoms with E-state index in [1.807, 2.05) is 12.2 Å². The first-order valence-corrected chi connectivity index (χ1v) is 1.72. The van der Waals surface area contributed by atoms with Crippen LogP contribution in [0, 0.1) is 6.08 Å². The molecule has 0 aliphatic heterocycles. The van der Waals surface area contributed by atoms with Gasteiger partial charge in [0.05, 0.1) is 0 Å². The van der Waals surface area contributed by atoms with E-state index < -0.39 is 0 Å². The van der Waals surface area contributed by atoms with Gasteiger partial charge in [0.2, 0.25) is 0 Å². The smallest absolute Gasteiger partial charge is 0 e. The quantitative estimate of drug-likeness (QED) is 0.308. The van der Waals surface area contributed by atoms with Gasteiger partial charge in [-0.2, -0.15) is 6.08 Å². The molecule has 0 aromatic heterocycles. The Kier molecular flexibility index (Phi) is 67.7. The Morgan fingerprint density at radius 2 is 1.50 bits per heavy atom. The van der Waals surface area contributed by atoms with E-state index in [0.29, 0.717) is 0 Å². The first kappa shape index (κ1) is 30.2. The van der Waals surface area contributed by atoms with Gasteiger partial charge in [-0.1, -0.05) is 0 Å². The van der Waals surface area contributed by atoms with Gasteiger partial charge in [0.1, 0.15) is 0 Å². The van der Waals surface area contributed by atoms with E-state index in [1.165, 1.54) is 0 Å². The molecule has 0 N–H and O–H groups in total. The molecule has 1 rings (SSSR count). The SMILES string of the molecule is [C-]1=CC=CC1.[Cl-].[Cl-].[Cl-].[Cl-].[Mo]. The summed E-state index contributed by atoms with van der Waals surface area (Å²) in [6, 6.07) is 0. The van der Waals surface area contributed by atoms with E-state index in [4.69, 9.17) is 0 Å². The fourth-order valence-electron chi connectivity index (χ4n) is 0.340. The second-order valence-corrected chi connectivity index (χ2v) is 1.00. The van der Waals surface area contributed by atoms with E-state index in [1.54, 1.807) is 0 Å². The molecule has 5 heteroatoms. The Morgan fingerprint density at radius 3 is 1.60 bits per heavy atom. The number of allylic oxidation sites excluding steroid dienone is 4. The van der Waals surface area contributed by atoms with Gasteiger partial charge in [-0.05, 0) is 0 Å². The Hall–Kier alpha value is 1.33. The molecule has 0 unspecified atom stereocenters. The zero-order valence-electron chi connectivity index (χ0n) is 4.86. The summed E-state index contributed by atoms with van der Waals surface area (Å²) in [7, 11) is 0. The molecule has 0 aromatic rings. The molecular formula is C5H5Cl4Mo-5. The van der Waals surface area contributed by atoms with E-state index in [9.17, 15) is 0 Å². The van der Waals surface area contributed by atoms with Crippen LogP contribution in [-0.4, -0.2) is 0 Å². The molecule has 0 atom stereocenters. The largest absolute Gasteiger partial charge is 1.00 e. The van der Waals surface area contributed by atoms with E-state index in [-0.39, 0.29) is 70.7 Å². The predicted molar refractivity (Wildman–Crippen MR) is 21.6 cm³/mol. The maximum atomic E-state index is 2.99. The molecule has 0 saturated heterocycles. The molecule has 0 amide bonds. The summed E-state index contributed by atoms with van der Waals surface area (Å²) in [6.07, 6.45) is 10.0. The predicted octanol–water partition coefficient (Wildman–Crippen LogP) is -10.7. The fraction of sp³-hybridized carbons (Fsp3) is 0.200. The monoisotopic (exact) mass is 303 g/mol. The van der Waals surface area contributed by atoms with Crippen molar-refractivity contribution in [1.29, 1.82) is 0 Å². The van der Waals surface area contributed by atoms with Crippen LogP contribution in [0.1, 0.15) is 6.42 Å². The average molecular weight is 303 g/mol. The standard InChI is InChI=1S/C5H5.4ClH.Mo/c1-2-4-5-3-1;;;;;/h1-3H,4H2;4*1H;/q-1;;;;;/p-4. The van der Waals surface area contributed by atoms with Crippen LogP contribution in [0.2, 0.25) is 0 Å². The van der Waals surface area contributed by atoms with Gasteiger partial charge in [0.25, 0.3) is 0 Å². The number of rotatable bonds is 0. The number of halogens is 4. The van der Waals surface area contributed by atoms with Crippen LogP contribution in [0.5, 0.6) is 0 Å². The molecule has 0 spiro atoms. The molecule has 64 valence electrons. The molecule has 0 heterocycles. The first-order valence-electron chi connectivity index (χ1n) is 1.72. The van der Waals surface area contributed by atoms with Crippen LogP contribution in [0.4, 0.5) is 0 Å². The van der Waals surface area contributed by atoms with Crippen LogP contribution < -0.4 is 49.6 Å². The summed E-state index contributed by atoms with van der Waals surface area (Å²) in [5, 5.41) is 0. The van der Waals surface area contributed by atoms with Crippen LogP contribution in [0.15, 0.2) is 18.2 Å². The summed E-state index contributed by atoms with van der Waals surface area (Å²) in [4.78, 5) is 0. The van der Waals surface area contributed by atoms with Gasteiger partial charge < -0.3 is 49.6 Å². The number of hydrogen-bond donors (Lipinski definition) is 0. The van der Waals surface area contributed by atoms with Gasteiger partial charge in [0.15, 0.2) is 0 Å². The van der Waals surface area contributed by atoms with Crippen molar-refractivity contribution >= 4 is 0 Å². The van der Waals surface area contributed by atoms with Crippen LogP contribution in [0.25, 0.3) is 0 Å². The zero-order valence-corrected chi connectivity index (χ0v) is 9.89. The fourth-order valence-corrected chi connectivity index (χ4v) is 0.340. The van der Waals surface area contributed by atoms with E-state index in [0.717, 1.165) is 6.42 Å². The Balaban J connectivity index is -0.0000000167. The number of hydrogen-bond acceptors (Lipinski definition) is 0. The first-order chi connectivity index (χ1) is 2.50. The Bertz CT molecular complexity index is 71.7. The van der Waals surface area contributed by atoms with Gasteiger partial charge in [-0.15, -0.1) is 6.42 Å². The molecule has 1 aliphatic rings.